The molecule has 1 atom stereocenters. The number of likely N-dealkylation sites (tertiary alicyclic amines) is 1. The molecular formula is C20H16Cl2F6N2O. The van der Waals surface area contributed by atoms with Crippen LogP contribution in [-0.4, -0.2) is 36.1 Å². The molecule has 0 spiro atoms. The largest absolute Gasteiger partial charge is 0.349 e. The van der Waals surface area contributed by atoms with Crippen LogP contribution in [0.2, 0.25) is 10.0 Å². The van der Waals surface area contributed by atoms with Crippen molar-refractivity contribution in [2.45, 2.75) is 24.8 Å². The van der Waals surface area contributed by atoms with Gasteiger partial charge in [0.25, 0.3) is 5.91 Å². The Hall–Kier alpha value is -1.97. The molecule has 2 aromatic carbocycles. The van der Waals surface area contributed by atoms with Crippen LogP contribution in [0.4, 0.5) is 26.3 Å². The first-order chi connectivity index (χ1) is 14.5. The molecule has 3 rings (SSSR count). The molecule has 1 unspecified atom stereocenters. The normalized spacial score (nSPS) is 17.4. The lowest BCUT2D eigenvalue weighted by atomic mass is 9.92. The summed E-state index contributed by atoms with van der Waals surface area (Å²) < 4.78 is 83.3. The van der Waals surface area contributed by atoms with Crippen molar-refractivity contribution in [3.05, 3.63) is 68.7 Å². The summed E-state index contributed by atoms with van der Waals surface area (Å²) in [5.74, 6) is -8.32. The third-order valence-corrected chi connectivity index (χ3v) is 5.53. The second-order valence-electron chi connectivity index (χ2n) is 7.25. The Morgan fingerprint density at radius 3 is 2.16 bits per heavy atom. The third-order valence-electron chi connectivity index (χ3n) is 5.09. The standard InChI is InChI=1S/C20H16Cl2F6N2O/c21-11-5-10(6-12(22)7-11)19(31)29-9-20(28)1-3-30(4-2-20)18(27)13-8-14(23)16(25)17(26)15(13)24/h5-8,18H,1-4,9H2,(H,29,31). The van der Waals surface area contributed by atoms with Gasteiger partial charge in [0.15, 0.2) is 29.6 Å². The minimum absolute atomic E-state index is 0.137. The molecule has 0 saturated carbocycles. The SMILES string of the molecule is O=C(NCC1(F)CCN(C(F)c2cc(F)c(F)c(F)c2F)CC1)c1cc(Cl)cc(Cl)c1. The summed E-state index contributed by atoms with van der Waals surface area (Å²) >= 11 is 11.7. The molecule has 1 saturated heterocycles. The van der Waals surface area contributed by atoms with Crippen LogP contribution in [0.1, 0.15) is 35.1 Å². The average molecular weight is 485 g/mol. The maximum atomic E-state index is 15.0. The summed E-state index contributed by atoms with van der Waals surface area (Å²) in [6.45, 7) is -0.831. The van der Waals surface area contributed by atoms with Gasteiger partial charge >= 0.3 is 0 Å². The average Bonchev–Trinajstić information content (AvgIpc) is 2.72. The van der Waals surface area contributed by atoms with Crippen molar-refractivity contribution in [1.29, 1.82) is 0 Å². The van der Waals surface area contributed by atoms with E-state index in [9.17, 15) is 26.7 Å². The van der Waals surface area contributed by atoms with Crippen LogP contribution in [0.25, 0.3) is 0 Å². The zero-order valence-corrected chi connectivity index (χ0v) is 17.3. The fourth-order valence-electron chi connectivity index (χ4n) is 3.32. The van der Waals surface area contributed by atoms with E-state index in [1.807, 2.05) is 0 Å². The lowest BCUT2D eigenvalue weighted by Gasteiger charge is -2.38. The number of halogens is 8. The Morgan fingerprint density at radius 1 is 1.00 bits per heavy atom. The maximum Gasteiger partial charge on any atom is 0.251 e. The molecule has 3 nitrogen and oxygen atoms in total. The second kappa shape index (κ2) is 9.26. The Kier molecular flexibility index (Phi) is 7.08. The van der Waals surface area contributed by atoms with Crippen LogP contribution < -0.4 is 5.32 Å². The topological polar surface area (TPSA) is 32.3 Å². The van der Waals surface area contributed by atoms with Crippen LogP contribution >= 0.6 is 23.2 Å². The van der Waals surface area contributed by atoms with Crippen LogP contribution in [0, 0.1) is 23.3 Å². The van der Waals surface area contributed by atoms with Gasteiger partial charge < -0.3 is 5.32 Å². The van der Waals surface area contributed by atoms with Gasteiger partial charge in [-0.05, 0) is 37.1 Å². The molecule has 1 amide bonds. The van der Waals surface area contributed by atoms with E-state index < -0.39 is 46.7 Å². The van der Waals surface area contributed by atoms with Crippen LogP contribution in [0.5, 0.6) is 0 Å². The van der Waals surface area contributed by atoms with Gasteiger partial charge in [0.05, 0.1) is 6.54 Å². The van der Waals surface area contributed by atoms with Crippen molar-refractivity contribution >= 4 is 29.1 Å². The Bertz CT molecular complexity index is 978. The number of hydrogen-bond donors (Lipinski definition) is 1. The Balaban J connectivity index is 1.61. The molecule has 168 valence electrons. The van der Waals surface area contributed by atoms with E-state index >= 15 is 4.39 Å². The first kappa shape index (κ1) is 23.7. The summed E-state index contributed by atoms with van der Waals surface area (Å²) in [5, 5.41) is 2.89. The quantitative estimate of drug-likeness (QED) is 0.253. The zero-order chi connectivity index (χ0) is 22.9. The molecule has 1 aliphatic rings. The Labute approximate surface area is 183 Å². The number of piperidine rings is 1. The number of rotatable bonds is 5. The molecule has 2 aromatic rings. The highest BCUT2D eigenvalue weighted by atomic mass is 35.5. The minimum atomic E-state index is -2.29. The molecule has 0 radical (unpaired) electrons. The molecule has 0 aromatic heterocycles. The summed E-state index contributed by atoms with van der Waals surface area (Å²) in [5.41, 5.74) is -2.75. The molecule has 1 fully saturated rings. The fraction of sp³-hybridized carbons (Fsp3) is 0.350. The highest BCUT2D eigenvalue weighted by Gasteiger charge is 2.38. The maximum absolute atomic E-state index is 15.0. The second-order valence-corrected chi connectivity index (χ2v) is 8.13. The number of nitrogens with zero attached hydrogens (tertiary/aromatic N) is 1. The highest BCUT2D eigenvalue weighted by molar-refractivity contribution is 6.35. The van der Waals surface area contributed by atoms with Gasteiger partial charge in [-0.3, -0.25) is 9.69 Å². The van der Waals surface area contributed by atoms with Crippen LogP contribution in [0.15, 0.2) is 24.3 Å². The molecule has 1 heterocycles. The summed E-state index contributed by atoms with van der Waals surface area (Å²) in [6, 6.07) is 4.40. The van der Waals surface area contributed by atoms with E-state index in [1.165, 1.54) is 18.2 Å². The number of carbonyl (C=O) groups excluding carboxylic acids is 1. The van der Waals surface area contributed by atoms with Crippen LogP contribution in [-0.2, 0) is 0 Å². The minimum Gasteiger partial charge on any atom is -0.349 e. The van der Waals surface area contributed by atoms with E-state index in [0.29, 0.717) is 0 Å². The summed E-state index contributed by atoms with van der Waals surface area (Å²) in [4.78, 5) is 13.2. The molecule has 11 heteroatoms. The van der Waals surface area contributed by atoms with Crippen molar-refractivity contribution in [2.75, 3.05) is 19.6 Å². The van der Waals surface area contributed by atoms with Gasteiger partial charge in [-0.2, -0.15) is 0 Å². The van der Waals surface area contributed by atoms with Crippen molar-refractivity contribution in [3.8, 4) is 0 Å². The van der Waals surface area contributed by atoms with E-state index in [2.05, 4.69) is 5.32 Å². The number of alkyl halides is 2. The molecule has 0 bridgehead atoms. The number of benzene rings is 2. The predicted octanol–water partition coefficient (Wildman–Crippen LogP) is 5.75. The van der Waals surface area contributed by atoms with Gasteiger partial charge in [-0.1, -0.05) is 23.2 Å². The molecule has 1 aliphatic heterocycles. The van der Waals surface area contributed by atoms with Gasteiger partial charge in [0.2, 0.25) is 0 Å². The van der Waals surface area contributed by atoms with Crippen molar-refractivity contribution in [3.63, 3.8) is 0 Å². The molecular weight excluding hydrogens is 469 g/mol. The Morgan fingerprint density at radius 2 is 1.58 bits per heavy atom. The first-order valence-electron chi connectivity index (χ1n) is 9.15. The number of hydrogen-bond acceptors (Lipinski definition) is 2. The number of nitrogens with one attached hydrogen (secondary N) is 1. The first-order valence-corrected chi connectivity index (χ1v) is 9.90. The zero-order valence-electron chi connectivity index (χ0n) is 15.8. The van der Waals surface area contributed by atoms with Crippen LogP contribution in [0.3, 0.4) is 0 Å². The number of amides is 1. The van der Waals surface area contributed by atoms with E-state index in [0.717, 1.165) is 4.90 Å². The predicted molar refractivity (Wildman–Crippen MR) is 104 cm³/mol. The van der Waals surface area contributed by atoms with Gasteiger partial charge in [0, 0.05) is 34.3 Å². The lowest BCUT2D eigenvalue weighted by molar-refractivity contribution is -0.00330. The van der Waals surface area contributed by atoms with Gasteiger partial charge in [0.1, 0.15) is 5.67 Å². The number of carbonyl (C=O) groups is 1. The van der Waals surface area contributed by atoms with E-state index in [4.69, 9.17) is 23.2 Å². The molecule has 31 heavy (non-hydrogen) atoms. The summed E-state index contributed by atoms with van der Waals surface area (Å²) in [6.07, 6.45) is -2.77. The molecule has 0 aliphatic carbocycles. The van der Waals surface area contributed by atoms with Crippen molar-refractivity contribution in [1.82, 2.24) is 10.2 Å². The molecule has 1 N–H and O–H groups in total. The third kappa shape index (κ3) is 5.27. The highest BCUT2D eigenvalue weighted by Crippen LogP contribution is 2.34. The smallest absolute Gasteiger partial charge is 0.251 e. The fourth-order valence-corrected chi connectivity index (χ4v) is 3.84. The van der Waals surface area contributed by atoms with E-state index in [-0.39, 0.29) is 54.2 Å². The summed E-state index contributed by atoms with van der Waals surface area (Å²) in [7, 11) is 0. The van der Waals surface area contributed by atoms with Crippen molar-refractivity contribution in [2.24, 2.45) is 0 Å². The van der Waals surface area contributed by atoms with Gasteiger partial charge in [-0.15, -0.1) is 0 Å². The monoisotopic (exact) mass is 484 g/mol. The van der Waals surface area contributed by atoms with Gasteiger partial charge in [-0.25, -0.2) is 26.3 Å². The lowest BCUT2D eigenvalue weighted by Crippen LogP contribution is -2.48. The van der Waals surface area contributed by atoms with Crippen molar-refractivity contribution < 1.29 is 31.1 Å². The van der Waals surface area contributed by atoms with E-state index in [1.54, 1.807) is 0 Å².